The lowest BCUT2D eigenvalue weighted by molar-refractivity contribution is -0.143. The molecular weight excluding hydrogens is 777 g/mol. The number of aromatic hydroxyl groups is 1. The number of benzene rings is 1. The molecule has 1 saturated heterocycles. The molecule has 15 N–H and O–H groups in total. The largest absolute Gasteiger partial charge is 0.508 e. The second kappa shape index (κ2) is 25.7. The maximum atomic E-state index is 14.2. The van der Waals surface area contributed by atoms with Crippen LogP contribution in [-0.4, -0.2) is 125 Å². The van der Waals surface area contributed by atoms with Crippen LogP contribution in [0.5, 0.6) is 5.75 Å². The van der Waals surface area contributed by atoms with Gasteiger partial charge in [0.25, 0.3) is 0 Å². The average Bonchev–Trinajstić information content (AvgIpc) is 3.69. The Balaban J connectivity index is 2.34. The first-order valence-electron chi connectivity index (χ1n) is 20.8. The van der Waals surface area contributed by atoms with E-state index in [1.807, 2.05) is 27.7 Å². The van der Waals surface area contributed by atoms with Gasteiger partial charge in [-0.3, -0.25) is 34.0 Å². The van der Waals surface area contributed by atoms with E-state index in [2.05, 4.69) is 36.6 Å². The van der Waals surface area contributed by atoms with Gasteiger partial charge in [-0.05, 0) is 81.4 Å². The summed E-state index contributed by atoms with van der Waals surface area (Å²) >= 11 is 0. The zero-order valence-corrected chi connectivity index (χ0v) is 35.6. The van der Waals surface area contributed by atoms with Gasteiger partial charge in [-0.15, -0.1) is 0 Å². The first-order chi connectivity index (χ1) is 28.4. The number of hydrogen-bond donors (Lipinski definition) is 11. The van der Waals surface area contributed by atoms with Gasteiger partial charge in [0, 0.05) is 32.6 Å². The Bertz CT molecular complexity index is 1640. The van der Waals surface area contributed by atoms with Crippen LogP contribution in [0.2, 0.25) is 0 Å². The lowest BCUT2D eigenvalue weighted by Crippen LogP contribution is -2.60. The van der Waals surface area contributed by atoms with Gasteiger partial charge in [-0.25, -0.2) is 4.79 Å². The molecule has 1 aliphatic heterocycles. The first kappa shape index (κ1) is 50.5. The number of nitrogens with two attached hydrogens (primary N) is 4. The summed E-state index contributed by atoms with van der Waals surface area (Å²) in [6.45, 7) is 10.4. The molecule has 0 bridgehead atoms. The van der Waals surface area contributed by atoms with Crippen molar-refractivity contribution in [3.05, 3.63) is 29.8 Å². The molecule has 0 aromatic heterocycles. The number of carbonyl (C=O) groups is 6. The molecule has 0 radical (unpaired) electrons. The van der Waals surface area contributed by atoms with E-state index in [1.165, 1.54) is 17.0 Å². The molecule has 2 rings (SSSR count). The molecule has 0 unspecified atom stereocenters. The highest BCUT2D eigenvalue weighted by atomic mass is 16.4. The maximum absolute atomic E-state index is 14.2. The van der Waals surface area contributed by atoms with Crippen molar-refractivity contribution < 1.29 is 39.0 Å². The number of aliphatic carboxylic acids is 1. The van der Waals surface area contributed by atoms with Crippen molar-refractivity contribution in [2.75, 3.05) is 26.2 Å². The Morgan fingerprint density at radius 1 is 0.833 bits per heavy atom. The summed E-state index contributed by atoms with van der Waals surface area (Å²) in [4.78, 5) is 90.7. The van der Waals surface area contributed by atoms with Crippen molar-refractivity contribution >= 4 is 47.4 Å². The highest BCUT2D eigenvalue weighted by Gasteiger charge is 2.40. The second-order valence-corrected chi connectivity index (χ2v) is 15.6. The summed E-state index contributed by atoms with van der Waals surface area (Å²) in [5.41, 5.74) is 23.5. The molecule has 20 heteroatoms. The second-order valence-electron chi connectivity index (χ2n) is 15.6. The predicted octanol–water partition coefficient (Wildman–Crippen LogP) is -0.873. The Labute approximate surface area is 352 Å². The Morgan fingerprint density at radius 2 is 1.47 bits per heavy atom. The number of guanidine groups is 2. The number of amides is 5. The molecule has 7 atom stereocenters. The summed E-state index contributed by atoms with van der Waals surface area (Å²) in [6.07, 6.45) is 2.48. The lowest BCUT2D eigenvalue weighted by Gasteiger charge is -2.31. The Morgan fingerprint density at radius 3 is 2.07 bits per heavy atom. The summed E-state index contributed by atoms with van der Waals surface area (Å²) in [5, 5.41) is 33.4. The summed E-state index contributed by atoms with van der Waals surface area (Å²) in [6, 6.07) is -0.590. The van der Waals surface area contributed by atoms with E-state index in [0.29, 0.717) is 44.3 Å². The molecule has 1 aromatic rings. The monoisotopic (exact) mass is 845 g/mol. The van der Waals surface area contributed by atoms with E-state index in [-0.39, 0.29) is 68.8 Å². The van der Waals surface area contributed by atoms with Crippen LogP contribution in [0, 0.1) is 11.8 Å². The van der Waals surface area contributed by atoms with Crippen LogP contribution < -0.4 is 49.5 Å². The number of phenols is 1. The molecule has 1 fully saturated rings. The van der Waals surface area contributed by atoms with Crippen molar-refractivity contribution in [2.24, 2.45) is 44.8 Å². The van der Waals surface area contributed by atoms with E-state index >= 15 is 0 Å². The molecule has 20 nitrogen and oxygen atoms in total. The smallest absolute Gasteiger partial charge is 0.326 e. The Kier molecular flexibility index (Phi) is 21.7. The maximum Gasteiger partial charge on any atom is 0.326 e. The number of carboxylic acid groups (broad SMARTS) is 1. The number of carbonyl (C=O) groups excluding carboxylic acids is 5. The highest BCUT2D eigenvalue weighted by Crippen LogP contribution is 2.21. The quantitative estimate of drug-likeness (QED) is 0.0324. The van der Waals surface area contributed by atoms with Crippen molar-refractivity contribution in [2.45, 2.75) is 129 Å². The highest BCUT2D eigenvalue weighted by molar-refractivity contribution is 5.97. The van der Waals surface area contributed by atoms with Crippen LogP contribution in [0.15, 0.2) is 34.3 Å². The zero-order chi connectivity index (χ0) is 44.9. The first-order valence-corrected chi connectivity index (χ1v) is 20.8. The van der Waals surface area contributed by atoms with E-state index < -0.39 is 77.7 Å². The minimum Gasteiger partial charge on any atom is -0.508 e. The van der Waals surface area contributed by atoms with Crippen LogP contribution in [0.3, 0.4) is 0 Å². The summed E-state index contributed by atoms with van der Waals surface area (Å²) < 4.78 is 0. The van der Waals surface area contributed by atoms with E-state index in [4.69, 9.17) is 22.9 Å². The summed E-state index contributed by atoms with van der Waals surface area (Å²) in [5.74, 6) is -4.62. The van der Waals surface area contributed by atoms with Gasteiger partial charge in [-0.1, -0.05) is 46.2 Å². The number of nitrogens with zero attached hydrogens (tertiary/aromatic N) is 3. The molecule has 1 aromatic carbocycles. The zero-order valence-electron chi connectivity index (χ0n) is 35.6. The van der Waals surface area contributed by atoms with Gasteiger partial charge in [0.1, 0.15) is 36.0 Å². The molecule has 0 spiro atoms. The lowest BCUT2D eigenvalue weighted by atomic mass is 9.96. The number of hydrogen-bond acceptors (Lipinski definition) is 10. The van der Waals surface area contributed by atoms with Crippen LogP contribution >= 0.6 is 0 Å². The predicted molar refractivity (Wildman–Crippen MR) is 228 cm³/mol. The van der Waals surface area contributed by atoms with Gasteiger partial charge in [0.2, 0.25) is 29.5 Å². The van der Waals surface area contributed by atoms with E-state index in [0.717, 1.165) is 0 Å². The normalized spacial score (nSPS) is 17.0. The molecule has 0 saturated carbocycles. The molecule has 0 aliphatic carbocycles. The van der Waals surface area contributed by atoms with Crippen molar-refractivity contribution in [3.8, 4) is 5.75 Å². The van der Waals surface area contributed by atoms with Crippen molar-refractivity contribution in [1.29, 1.82) is 0 Å². The molecular formula is C40H68N12O8. The SMILES string of the molecule is CCNC(N)=NCCC[C@H](N)C(=O)N[C@@H](CCCN=C(N)N)C(=O)N1CCC[C@H]1C(=O)N[C@@H](Cc1ccc(O)cc1)C(=O)N[C@H](C(=O)N[C@@H](CC(C)C)C(=O)O)[C@@H](C)CC. The van der Waals surface area contributed by atoms with Crippen molar-refractivity contribution in [3.63, 3.8) is 0 Å². The van der Waals surface area contributed by atoms with Gasteiger partial charge < -0.3 is 64.6 Å². The van der Waals surface area contributed by atoms with Crippen LogP contribution in [0.4, 0.5) is 0 Å². The minimum absolute atomic E-state index is 0.00741. The number of aliphatic imine (C=N–C) groups is 2. The standard InChI is InChI=1S/C40H68N12O8/c1-6-24(5)32(36(57)50-30(38(59)60)21-23(3)4)51-34(55)29(22-25-14-16-26(53)17-15-25)49-35(56)31-13-10-20-52(31)37(58)28(12-9-18-46-39(42)43)48-33(54)27(41)11-8-19-47-40(44)45-7-2/h14-17,23-24,27-32,53H,6-13,18-22,41H2,1-5H3,(H,48,54)(H,49,56)(H,50,57)(H,51,55)(H,59,60)(H4,42,43,46)(H3,44,45,47)/t24-,27-,28-,29-,30-,31-,32-/m0/s1. The number of carboxylic acids is 1. The molecule has 1 heterocycles. The van der Waals surface area contributed by atoms with Gasteiger partial charge >= 0.3 is 5.97 Å². The van der Waals surface area contributed by atoms with Gasteiger partial charge in [-0.2, -0.15) is 0 Å². The van der Waals surface area contributed by atoms with Crippen LogP contribution in [0.25, 0.3) is 0 Å². The fraction of sp³-hybridized carbons (Fsp3) is 0.650. The third kappa shape index (κ3) is 17.3. The van der Waals surface area contributed by atoms with Crippen LogP contribution in [-0.2, 0) is 35.2 Å². The summed E-state index contributed by atoms with van der Waals surface area (Å²) in [7, 11) is 0. The number of phenolic OH excluding ortho intramolecular Hbond substituents is 1. The van der Waals surface area contributed by atoms with E-state index in [9.17, 15) is 39.0 Å². The third-order valence-corrected chi connectivity index (χ3v) is 10.2. The number of likely N-dealkylation sites (tertiary alicyclic amines) is 1. The third-order valence-electron chi connectivity index (χ3n) is 10.2. The average molecular weight is 845 g/mol. The minimum atomic E-state index is -1.25. The molecule has 60 heavy (non-hydrogen) atoms. The van der Waals surface area contributed by atoms with Gasteiger partial charge in [0.05, 0.1) is 6.04 Å². The fourth-order valence-corrected chi connectivity index (χ4v) is 6.68. The number of nitrogens with one attached hydrogen (secondary N) is 5. The molecule has 1 aliphatic rings. The fourth-order valence-electron chi connectivity index (χ4n) is 6.68. The van der Waals surface area contributed by atoms with Gasteiger partial charge in [0.15, 0.2) is 11.9 Å². The topological polar surface area (TPSA) is 335 Å². The number of rotatable bonds is 25. The van der Waals surface area contributed by atoms with Crippen LogP contribution in [0.1, 0.15) is 91.5 Å². The van der Waals surface area contributed by atoms with Crippen molar-refractivity contribution in [1.82, 2.24) is 31.5 Å². The van der Waals surface area contributed by atoms with E-state index in [1.54, 1.807) is 19.1 Å². The molecule has 5 amide bonds. The molecule has 336 valence electrons. The Hall–Kier alpha value is -5.66.